The van der Waals surface area contributed by atoms with Crippen molar-refractivity contribution in [1.29, 1.82) is 0 Å². The molecule has 1 fully saturated rings. The van der Waals surface area contributed by atoms with Crippen LogP contribution in [0.3, 0.4) is 0 Å². The summed E-state index contributed by atoms with van der Waals surface area (Å²) in [6.45, 7) is 7.41. The summed E-state index contributed by atoms with van der Waals surface area (Å²) in [5, 5.41) is 10.2. The maximum absolute atomic E-state index is 12.8. The van der Waals surface area contributed by atoms with Crippen molar-refractivity contribution >= 4 is 34.8 Å². The van der Waals surface area contributed by atoms with Crippen molar-refractivity contribution in [2.45, 2.75) is 65.6 Å². The van der Waals surface area contributed by atoms with Gasteiger partial charge in [-0.15, -0.1) is 0 Å². The molecule has 0 bridgehead atoms. The monoisotopic (exact) mass is 561 g/mol. The third-order valence-corrected chi connectivity index (χ3v) is 6.81. The molecule has 212 valence electrons. The Labute approximate surface area is 229 Å². The van der Waals surface area contributed by atoms with Gasteiger partial charge in [-0.25, -0.2) is 13.2 Å². The summed E-state index contributed by atoms with van der Waals surface area (Å²) in [6, 6.07) is 8.98. The zero-order valence-electron chi connectivity index (χ0n) is 22.8. The number of carbonyl (C=O) groups is 3. The van der Waals surface area contributed by atoms with E-state index in [-0.39, 0.29) is 53.0 Å². The molecule has 1 aliphatic rings. The maximum atomic E-state index is 12.8. The van der Waals surface area contributed by atoms with E-state index in [2.05, 4.69) is 0 Å². The van der Waals surface area contributed by atoms with Gasteiger partial charge in [-0.2, -0.15) is 0 Å². The number of carboxylic acids is 1. The molecule has 1 saturated carbocycles. The molecule has 1 aliphatic carbocycles. The maximum Gasteiger partial charge on any atom is 0.339 e. The molecule has 0 heterocycles. The molecule has 3 rings (SSSR count). The first kappa shape index (κ1) is 29.9. The number of benzene rings is 2. The number of hydrogen-bond donors (Lipinski definition) is 2. The Balaban J connectivity index is 2.29. The Morgan fingerprint density at radius 1 is 1.13 bits per heavy atom. The van der Waals surface area contributed by atoms with E-state index in [1.54, 1.807) is 45.0 Å². The van der Waals surface area contributed by atoms with E-state index in [4.69, 9.17) is 14.2 Å². The van der Waals surface area contributed by atoms with Crippen molar-refractivity contribution in [3.05, 3.63) is 52.6 Å². The highest BCUT2D eigenvalue weighted by Crippen LogP contribution is 2.48. The average Bonchev–Trinajstić information content (AvgIpc) is 3.68. The molecule has 0 radical (unpaired) electrons. The second-order valence-corrected chi connectivity index (χ2v) is 11.5. The van der Waals surface area contributed by atoms with Crippen molar-refractivity contribution in [3.63, 3.8) is 0 Å². The first-order valence-corrected chi connectivity index (χ1v) is 13.8. The van der Waals surface area contributed by atoms with Gasteiger partial charge in [0.25, 0.3) is 0 Å². The van der Waals surface area contributed by atoms with E-state index in [1.165, 1.54) is 13.8 Å². The molecular formula is C28H35NO9S. The van der Waals surface area contributed by atoms with Crippen LogP contribution in [0.25, 0.3) is 0 Å². The van der Waals surface area contributed by atoms with Crippen LogP contribution in [-0.2, 0) is 31.8 Å². The number of anilines is 1. The van der Waals surface area contributed by atoms with Gasteiger partial charge >= 0.3 is 11.9 Å². The number of carbonyl (C=O) groups excluding carboxylic acids is 2. The van der Waals surface area contributed by atoms with Gasteiger partial charge in [-0.05, 0) is 52.0 Å². The molecule has 2 aromatic rings. The molecule has 10 nitrogen and oxygen atoms in total. The second-order valence-electron chi connectivity index (χ2n) is 10.6. The van der Waals surface area contributed by atoms with Crippen LogP contribution >= 0.6 is 0 Å². The first-order chi connectivity index (χ1) is 18.3. The second kappa shape index (κ2) is 12.5. The summed E-state index contributed by atoms with van der Waals surface area (Å²) in [6.07, 6.45) is 2.41. The lowest BCUT2D eigenvalue weighted by atomic mass is 9.92. The third kappa shape index (κ3) is 7.72. The average molecular weight is 562 g/mol. The summed E-state index contributed by atoms with van der Waals surface area (Å²) in [7, 11) is -3.46. The Kier molecular flexibility index (Phi) is 9.60. The highest BCUT2D eigenvalue weighted by Gasteiger charge is 2.36. The fourth-order valence-corrected chi connectivity index (χ4v) is 4.68. The van der Waals surface area contributed by atoms with Crippen LogP contribution in [0.2, 0.25) is 0 Å². The quantitative estimate of drug-likeness (QED) is 0.211. The van der Waals surface area contributed by atoms with Gasteiger partial charge in [0.05, 0.1) is 6.61 Å². The molecule has 0 amide bonds. The Bertz CT molecular complexity index is 1290. The number of rotatable bonds is 13. The summed E-state index contributed by atoms with van der Waals surface area (Å²) in [5.41, 5.74) is -0.390. The number of nitrogens with zero attached hydrogens (tertiary/aromatic N) is 1. The van der Waals surface area contributed by atoms with Gasteiger partial charge in [0.2, 0.25) is 10.9 Å². The molecule has 1 atom stereocenters. The van der Waals surface area contributed by atoms with E-state index in [0.29, 0.717) is 6.29 Å². The molecular weight excluding hydrogens is 526 g/mol. The van der Waals surface area contributed by atoms with Crippen LogP contribution in [0.1, 0.15) is 73.5 Å². The molecule has 0 saturated heterocycles. The first-order valence-electron chi connectivity index (χ1n) is 12.7. The van der Waals surface area contributed by atoms with Gasteiger partial charge in [0, 0.05) is 17.0 Å². The molecule has 0 aliphatic heterocycles. The normalized spacial score (nSPS) is 14.0. The standard InChI is InChI=1S/C28H35NO9S/c1-17(14-30)22-24(29(39(34)35)13-21(31)38-28(3,4)5)25(36-16-20-11-12-20)18(2)23(27(32)33)26(22)37-15-19-9-7-6-8-10-19/h6-10,14,17,20,39H,11-13,15-16H2,1-5H3,(H,32,33). The van der Waals surface area contributed by atoms with Crippen LogP contribution in [0.15, 0.2) is 30.3 Å². The minimum atomic E-state index is -3.46. The Morgan fingerprint density at radius 2 is 1.77 bits per heavy atom. The predicted octanol–water partition coefficient (Wildman–Crippen LogP) is 4.04. The van der Waals surface area contributed by atoms with Crippen LogP contribution in [0, 0.1) is 12.8 Å². The molecule has 39 heavy (non-hydrogen) atoms. The fourth-order valence-electron chi connectivity index (χ4n) is 4.09. The number of esters is 1. The van der Waals surface area contributed by atoms with E-state index >= 15 is 0 Å². The van der Waals surface area contributed by atoms with Crippen LogP contribution in [-0.4, -0.2) is 50.5 Å². The van der Waals surface area contributed by atoms with Gasteiger partial charge in [0.15, 0.2) is 0 Å². The zero-order chi connectivity index (χ0) is 28.9. The fraction of sp³-hybridized carbons (Fsp3) is 0.464. The largest absolute Gasteiger partial charge is 0.491 e. The van der Waals surface area contributed by atoms with E-state index in [0.717, 1.165) is 22.7 Å². The zero-order valence-corrected chi connectivity index (χ0v) is 23.7. The number of hydrogen-bond acceptors (Lipinski definition) is 8. The van der Waals surface area contributed by atoms with Crippen molar-refractivity contribution in [3.8, 4) is 11.5 Å². The van der Waals surface area contributed by atoms with Crippen molar-refractivity contribution < 1.29 is 42.1 Å². The lowest BCUT2D eigenvalue weighted by Gasteiger charge is -2.30. The van der Waals surface area contributed by atoms with Gasteiger partial charge in [0.1, 0.15) is 47.8 Å². The summed E-state index contributed by atoms with van der Waals surface area (Å²) in [5.74, 6) is -3.12. The number of aldehydes is 1. The third-order valence-electron chi connectivity index (χ3n) is 6.07. The number of thiol groups is 1. The van der Waals surface area contributed by atoms with E-state index in [1.807, 2.05) is 6.07 Å². The van der Waals surface area contributed by atoms with Crippen LogP contribution < -0.4 is 13.8 Å². The van der Waals surface area contributed by atoms with Crippen molar-refractivity contribution in [2.75, 3.05) is 17.5 Å². The molecule has 1 N–H and O–H groups in total. The van der Waals surface area contributed by atoms with Gasteiger partial charge in [-0.1, -0.05) is 37.3 Å². The van der Waals surface area contributed by atoms with Crippen LogP contribution in [0.5, 0.6) is 11.5 Å². The molecule has 0 aromatic heterocycles. The lowest BCUT2D eigenvalue weighted by Crippen LogP contribution is -2.35. The smallest absolute Gasteiger partial charge is 0.339 e. The molecule has 0 spiro atoms. The molecule has 11 heteroatoms. The van der Waals surface area contributed by atoms with Gasteiger partial charge < -0.3 is 24.1 Å². The lowest BCUT2D eigenvalue weighted by molar-refractivity contribution is -0.152. The minimum absolute atomic E-state index is 0.00233. The SMILES string of the molecule is Cc1c(OCC2CC2)c(N(CC(=O)OC(C)(C)C)[SH](=O)=O)c(C(C)C=O)c(OCc2ccccc2)c1C(=O)O. The summed E-state index contributed by atoms with van der Waals surface area (Å²) >= 11 is 0. The predicted molar refractivity (Wildman–Crippen MR) is 145 cm³/mol. The number of carboxylic acid groups (broad SMARTS) is 1. The molecule has 1 unspecified atom stereocenters. The van der Waals surface area contributed by atoms with E-state index in [9.17, 15) is 27.9 Å². The Hall–Kier alpha value is -3.60. The highest BCUT2D eigenvalue weighted by atomic mass is 32.2. The topological polar surface area (TPSA) is 137 Å². The summed E-state index contributed by atoms with van der Waals surface area (Å²) in [4.78, 5) is 37.4. The number of ether oxygens (including phenoxy) is 3. The Morgan fingerprint density at radius 3 is 2.28 bits per heavy atom. The minimum Gasteiger partial charge on any atom is -0.491 e. The molecule has 2 aromatic carbocycles. The summed E-state index contributed by atoms with van der Waals surface area (Å²) < 4.78 is 43.5. The van der Waals surface area contributed by atoms with Crippen molar-refractivity contribution in [1.82, 2.24) is 0 Å². The highest BCUT2D eigenvalue weighted by molar-refractivity contribution is 7.74. The van der Waals surface area contributed by atoms with Gasteiger partial charge in [-0.3, -0.25) is 9.10 Å². The van der Waals surface area contributed by atoms with Crippen LogP contribution in [0.4, 0.5) is 5.69 Å². The van der Waals surface area contributed by atoms with Crippen molar-refractivity contribution in [2.24, 2.45) is 5.92 Å². The number of aromatic carboxylic acids is 1. The van der Waals surface area contributed by atoms with E-state index < -0.39 is 40.9 Å².